The van der Waals surface area contributed by atoms with E-state index < -0.39 is 13.5 Å². The minimum Gasteiger partial charge on any atom is -0.274 e. The SMILES string of the molecule is CCC(C)(C)C(=O)N1C(=O)CC1c1cccc(C#C[Si](C)(C)C)c1. The zero-order chi connectivity index (χ0) is 18.1. The number of carbonyl (C=O) groups excluding carboxylic acids is 2. The lowest BCUT2D eigenvalue weighted by atomic mass is 9.84. The Morgan fingerprint density at radius 3 is 2.54 bits per heavy atom. The third-order valence-corrected chi connectivity index (χ3v) is 5.36. The van der Waals surface area contributed by atoms with Gasteiger partial charge in [0, 0.05) is 11.0 Å². The lowest BCUT2D eigenvalue weighted by Crippen LogP contribution is -2.54. The first-order chi connectivity index (χ1) is 11.0. The average molecular weight is 342 g/mol. The van der Waals surface area contributed by atoms with Gasteiger partial charge in [-0.15, -0.1) is 5.54 Å². The molecule has 4 heteroatoms. The molecular formula is C20H27NO2Si. The van der Waals surface area contributed by atoms with Crippen molar-refractivity contribution >= 4 is 19.9 Å². The normalized spacial score (nSPS) is 17.8. The van der Waals surface area contributed by atoms with Crippen LogP contribution in [0, 0.1) is 16.9 Å². The smallest absolute Gasteiger partial charge is 0.235 e. The molecule has 1 heterocycles. The Morgan fingerprint density at radius 1 is 1.33 bits per heavy atom. The van der Waals surface area contributed by atoms with Gasteiger partial charge in [-0.05, 0) is 24.1 Å². The number of nitrogens with zero attached hydrogens (tertiary/aromatic N) is 1. The van der Waals surface area contributed by atoms with E-state index in [0.717, 1.165) is 11.1 Å². The second-order valence-electron chi connectivity index (χ2n) is 8.15. The van der Waals surface area contributed by atoms with Gasteiger partial charge in [0.1, 0.15) is 8.07 Å². The largest absolute Gasteiger partial charge is 0.274 e. The highest BCUT2D eigenvalue weighted by molar-refractivity contribution is 6.83. The van der Waals surface area contributed by atoms with Gasteiger partial charge in [-0.3, -0.25) is 14.5 Å². The molecule has 2 amide bonds. The molecule has 0 N–H and O–H groups in total. The number of hydrogen-bond acceptors (Lipinski definition) is 2. The quantitative estimate of drug-likeness (QED) is 0.470. The highest BCUT2D eigenvalue weighted by Crippen LogP contribution is 2.38. The highest BCUT2D eigenvalue weighted by atomic mass is 28.3. The van der Waals surface area contributed by atoms with Crippen LogP contribution in [0.15, 0.2) is 24.3 Å². The lowest BCUT2D eigenvalue weighted by Gasteiger charge is -2.42. The Kier molecular flexibility index (Phi) is 5.05. The van der Waals surface area contributed by atoms with Gasteiger partial charge >= 0.3 is 0 Å². The summed E-state index contributed by atoms with van der Waals surface area (Å²) in [6.07, 6.45) is 1.11. The molecule has 0 radical (unpaired) electrons. The van der Waals surface area contributed by atoms with Crippen LogP contribution in [-0.2, 0) is 9.59 Å². The lowest BCUT2D eigenvalue weighted by molar-refractivity contribution is -0.164. The zero-order valence-corrected chi connectivity index (χ0v) is 16.6. The second kappa shape index (κ2) is 6.56. The molecule has 1 aromatic carbocycles. The van der Waals surface area contributed by atoms with Gasteiger partial charge in [-0.25, -0.2) is 0 Å². The van der Waals surface area contributed by atoms with Crippen molar-refractivity contribution < 1.29 is 9.59 Å². The van der Waals surface area contributed by atoms with E-state index in [1.54, 1.807) is 0 Å². The summed E-state index contributed by atoms with van der Waals surface area (Å²) in [5.41, 5.74) is 4.80. The van der Waals surface area contributed by atoms with E-state index in [0.29, 0.717) is 12.8 Å². The van der Waals surface area contributed by atoms with E-state index in [1.165, 1.54) is 4.90 Å². The van der Waals surface area contributed by atoms with Crippen molar-refractivity contribution in [3.05, 3.63) is 35.4 Å². The van der Waals surface area contributed by atoms with Gasteiger partial charge in [0.25, 0.3) is 0 Å². The topological polar surface area (TPSA) is 37.4 Å². The molecule has 1 aromatic rings. The Morgan fingerprint density at radius 2 is 2.00 bits per heavy atom. The van der Waals surface area contributed by atoms with Gasteiger partial charge in [0.2, 0.25) is 11.8 Å². The molecule has 0 aromatic heterocycles. The molecule has 1 saturated heterocycles. The summed E-state index contributed by atoms with van der Waals surface area (Å²) < 4.78 is 0. The average Bonchev–Trinajstić information content (AvgIpc) is 2.50. The van der Waals surface area contributed by atoms with Gasteiger partial charge < -0.3 is 0 Å². The third-order valence-electron chi connectivity index (χ3n) is 4.48. The summed E-state index contributed by atoms with van der Waals surface area (Å²) in [6.45, 7) is 12.4. The molecule has 0 bridgehead atoms. The fourth-order valence-corrected chi connectivity index (χ4v) is 3.02. The molecule has 0 aliphatic carbocycles. The van der Waals surface area contributed by atoms with Crippen molar-refractivity contribution in [2.45, 2.75) is 59.3 Å². The van der Waals surface area contributed by atoms with Crippen molar-refractivity contribution in [1.29, 1.82) is 0 Å². The summed E-state index contributed by atoms with van der Waals surface area (Å²) in [7, 11) is -1.43. The Labute approximate surface area is 146 Å². The summed E-state index contributed by atoms with van der Waals surface area (Å²) in [4.78, 5) is 26.2. The van der Waals surface area contributed by atoms with Crippen LogP contribution < -0.4 is 0 Å². The van der Waals surface area contributed by atoms with Crippen molar-refractivity contribution in [1.82, 2.24) is 4.90 Å². The molecule has 1 aliphatic heterocycles. The van der Waals surface area contributed by atoms with Crippen LogP contribution in [0.1, 0.15) is 50.8 Å². The standard InChI is InChI=1S/C20H27NO2Si/c1-7-20(2,3)19(23)21-17(14-18(21)22)16-10-8-9-15(13-16)11-12-24(4,5)6/h8-10,13,17H,7,14H2,1-6H3. The fourth-order valence-electron chi connectivity index (χ4n) is 2.50. The van der Waals surface area contributed by atoms with Crippen molar-refractivity contribution in [3.8, 4) is 11.5 Å². The first-order valence-corrected chi connectivity index (χ1v) is 12.0. The number of rotatable bonds is 3. The summed E-state index contributed by atoms with van der Waals surface area (Å²) in [6, 6.07) is 7.79. The predicted molar refractivity (Wildman–Crippen MR) is 99.9 cm³/mol. The van der Waals surface area contributed by atoms with Crippen LogP contribution >= 0.6 is 0 Å². The van der Waals surface area contributed by atoms with E-state index >= 15 is 0 Å². The highest BCUT2D eigenvalue weighted by Gasteiger charge is 2.45. The minimum absolute atomic E-state index is 0.0786. The molecule has 24 heavy (non-hydrogen) atoms. The van der Waals surface area contributed by atoms with Crippen LogP contribution in [0.4, 0.5) is 0 Å². The van der Waals surface area contributed by atoms with E-state index in [-0.39, 0.29) is 17.9 Å². The number of imide groups is 1. The van der Waals surface area contributed by atoms with Crippen LogP contribution in [0.5, 0.6) is 0 Å². The maximum Gasteiger partial charge on any atom is 0.235 e. The van der Waals surface area contributed by atoms with Crippen molar-refractivity contribution in [2.75, 3.05) is 0 Å². The van der Waals surface area contributed by atoms with E-state index in [9.17, 15) is 9.59 Å². The number of β-lactam (4-membered cyclic amide) rings is 1. The molecule has 128 valence electrons. The van der Waals surface area contributed by atoms with Crippen LogP contribution in [0.3, 0.4) is 0 Å². The maximum absolute atomic E-state index is 12.7. The molecule has 1 aliphatic rings. The first-order valence-electron chi connectivity index (χ1n) is 8.55. The van der Waals surface area contributed by atoms with E-state index in [2.05, 4.69) is 31.1 Å². The molecule has 1 unspecified atom stereocenters. The number of benzene rings is 1. The zero-order valence-electron chi connectivity index (χ0n) is 15.6. The monoisotopic (exact) mass is 341 g/mol. The summed E-state index contributed by atoms with van der Waals surface area (Å²) in [5, 5.41) is 0. The second-order valence-corrected chi connectivity index (χ2v) is 12.9. The van der Waals surface area contributed by atoms with Crippen LogP contribution in [0.2, 0.25) is 19.6 Å². The summed E-state index contributed by atoms with van der Waals surface area (Å²) in [5.74, 6) is 3.09. The first kappa shape index (κ1) is 18.5. The molecule has 1 atom stereocenters. The Bertz CT molecular complexity index is 719. The van der Waals surface area contributed by atoms with E-state index in [1.807, 2.05) is 45.0 Å². The molecule has 3 nitrogen and oxygen atoms in total. The molecule has 2 rings (SSSR count). The van der Waals surface area contributed by atoms with Gasteiger partial charge in [-0.2, -0.15) is 0 Å². The Hall–Kier alpha value is -1.86. The van der Waals surface area contributed by atoms with Gasteiger partial charge in [0.15, 0.2) is 0 Å². The van der Waals surface area contributed by atoms with Gasteiger partial charge in [0.05, 0.1) is 12.5 Å². The molecule has 0 spiro atoms. The predicted octanol–water partition coefficient (Wildman–Crippen LogP) is 4.15. The number of amides is 2. The van der Waals surface area contributed by atoms with Crippen molar-refractivity contribution in [3.63, 3.8) is 0 Å². The third kappa shape index (κ3) is 3.96. The van der Waals surface area contributed by atoms with E-state index in [4.69, 9.17) is 0 Å². The number of likely N-dealkylation sites (tertiary alicyclic amines) is 1. The summed E-state index contributed by atoms with van der Waals surface area (Å²) >= 11 is 0. The minimum atomic E-state index is -1.43. The van der Waals surface area contributed by atoms with Crippen LogP contribution in [0.25, 0.3) is 0 Å². The fraction of sp³-hybridized carbons (Fsp3) is 0.500. The molecule has 1 fully saturated rings. The van der Waals surface area contributed by atoms with Crippen LogP contribution in [-0.4, -0.2) is 24.8 Å². The van der Waals surface area contributed by atoms with Crippen molar-refractivity contribution in [2.24, 2.45) is 5.41 Å². The number of hydrogen-bond donors (Lipinski definition) is 0. The number of carbonyl (C=O) groups is 2. The molecular weight excluding hydrogens is 314 g/mol. The Balaban J connectivity index is 2.27. The molecule has 0 saturated carbocycles. The van der Waals surface area contributed by atoms with Gasteiger partial charge in [-0.1, -0.05) is 58.5 Å². The maximum atomic E-state index is 12.7.